The predicted octanol–water partition coefficient (Wildman–Crippen LogP) is 4.78. The van der Waals surface area contributed by atoms with Crippen LogP contribution < -0.4 is 10.1 Å². The fraction of sp³-hybridized carbons (Fsp3) is 0.167. The predicted molar refractivity (Wildman–Crippen MR) is 132 cm³/mol. The number of halogens is 1. The lowest BCUT2D eigenvalue weighted by atomic mass is 10.0. The molecule has 35 heavy (non-hydrogen) atoms. The molecule has 0 saturated carbocycles. The molecule has 0 aliphatic carbocycles. The van der Waals surface area contributed by atoms with Crippen LogP contribution in [0.1, 0.15) is 16.2 Å². The van der Waals surface area contributed by atoms with Crippen LogP contribution >= 0.6 is 23.1 Å². The Kier molecular flexibility index (Phi) is 7.78. The number of hydrogen-bond acceptors (Lipinski definition) is 8. The molecule has 11 heteroatoms. The molecule has 0 unspecified atom stereocenters. The maximum atomic E-state index is 13.3. The van der Waals surface area contributed by atoms with Gasteiger partial charge in [0.15, 0.2) is 11.0 Å². The summed E-state index contributed by atoms with van der Waals surface area (Å²) in [6, 6.07) is 15.1. The minimum Gasteiger partial charge on any atom is -0.486 e. The summed E-state index contributed by atoms with van der Waals surface area (Å²) in [5.41, 5.74) is 1.42. The summed E-state index contributed by atoms with van der Waals surface area (Å²) in [6.07, 6.45) is 0. The lowest BCUT2D eigenvalue weighted by Gasteiger charge is -2.08. The Morgan fingerprint density at radius 2 is 1.86 bits per heavy atom. The number of carbonyl (C=O) groups excluding carboxylic acids is 2. The third-order valence-electron chi connectivity index (χ3n) is 4.96. The zero-order valence-electron chi connectivity index (χ0n) is 18.9. The fourth-order valence-electron chi connectivity index (χ4n) is 3.15. The number of ether oxygens (including phenoxy) is 2. The summed E-state index contributed by atoms with van der Waals surface area (Å²) < 4.78 is 25.7. The van der Waals surface area contributed by atoms with Crippen molar-refractivity contribution in [3.8, 4) is 16.9 Å². The molecule has 1 N–H and O–H groups in total. The van der Waals surface area contributed by atoms with Gasteiger partial charge in [-0.25, -0.2) is 9.18 Å². The van der Waals surface area contributed by atoms with E-state index in [1.54, 1.807) is 29.1 Å². The quantitative estimate of drug-likeness (QED) is 0.255. The lowest BCUT2D eigenvalue weighted by molar-refractivity contribution is -0.113. The van der Waals surface area contributed by atoms with Crippen LogP contribution in [0.25, 0.3) is 11.1 Å². The molecule has 8 nitrogen and oxygen atoms in total. The molecule has 2 aromatic carbocycles. The van der Waals surface area contributed by atoms with Gasteiger partial charge in [0.1, 0.15) is 28.7 Å². The molecular formula is C24H21FN4O4S2. The van der Waals surface area contributed by atoms with Crippen molar-refractivity contribution in [3.05, 3.63) is 77.2 Å². The van der Waals surface area contributed by atoms with Crippen LogP contribution in [0.15, 0.2) is 65.1 Å². The first-order valence-electron chi connectivity index (χ1n) is 10.4. The number of benzene rings is 2. The Morgan fingerprint density at radius 3 is 2.57 bits per heavy atom. The highest BCUT2D eigenvalue weighted by Crippen LogP contribution is 2.36. The van der Waals surface area contributed by atoms with Gasteiger partial charge in [-0.2, -0.15) is 0 Å². The van der Waals surface area contributed by atoms with Gasteiger partial charge >= 0.3 is 5.97 Å². The Hall–Kier alpha value is -3.70. The number of carbonyl (C=O) groups is 2. The molecule has 2 aromatic heterocycles. The molecular weight excluding hydrogens is 491 g/mol. The molecule has 0 spiro atoms. The zero-order chi connectivity index (χ0) is 24.8. The molecule has 0 atom stereocenters. The third kappa shape index (κ3) is 5.87. The SMILES string of the molecule is COC(=O)c1c(-c2ccc(F)cc2)csc1NC(=O)CSc1nnc(COc2ccccc2)n1C. The Bertz CT molecular complexity index is 1320. The number of nitrogens with zero attached hydrogens (tertiary/aromatic N) is 3. The van der Waals surface area contributed by atoms with Crippen LogP contribution in [0.4, 0.5) is 9.39 Å². The van der Waals surface area contributed by atoms with Crippen molar-refractivity contribution >= 4 is 40.0 Å². The van der Waals surface area contributed by atoms with Crippen LogP contribution in [-0.2, 0) is 23.2 Å². The monoisotopic (exact) mass is 512 g/mol. The van der Waals surface area contributed by atoms with Crippen molar-refractivity contribution in [1.82, 2.24) is 14.8 Å². The summed E-state index contributed by atoms with van der Waals surface area (Å²) in [6.45, 7) is 0.240. The van der Waals surface area contributed by atoms with Gasteiger partial charge in [0.05, 0.1) is 12.9 Å². The number of thiophene rings is 1. The zero-order valence-corrected chi connectivity index (χ0v) is 20.5. The minimum atomic E-state index is -0.593. The summed E-state index contributed by atoms with van der Waals surface area (Å²) in [7, 11) is 3.07. The van der Waals surface area contributed by atoms with E-state index < -0.39 is 5.97 Å². The summed E-state index contributed by atoms with van der Waals surface area (Å²) in [5, 5.41) is 13.7. The third-order valence-corrected chi connectivity index (χ3v) is 6.87. The van der Waals surface area contributed by atoms with Gasteiger partial charge in [-0.15, -0.1) is 21.5 Å². The molecule has 4 rings (SSSR count). The van der Waals surface area contributed by atoms with Gasteiger partial charge < -0.3 is 19.4 Å². The van der Waals surface area contributed by atoms with Crippen molar-refractivity contribution in [2.75, 3.05) is 18.2 Å². The number of aromatic nitrogens is 3. The number of nitrogens with one attached hydrogen (secondary N) is 1. The van der Waals surface area contributed by atoms with Crippen LogP contribution in [0, 0.1) is 5.82 Å². The standard InChI is InChI=1S/C24H21FN4O4S2/c1-29-19(12-33-17-6-4-3-5-7-17)27-28-24(29)35-14-20(30)26-22-21(23(31)32-2)18(13-34-22)15-8-10-16(25)11-9-15/h3-11,13H,12,14H2,1-2H3,(H,26,30). The maximum Gasteiger partial charge on any atom is 0.341 e. The van der Waals surface area contributed by atoms with Crippen LogP contribution in [0.5, 0.6) is 5.75 Å². The molecule has 0 aliphatic rings. The highest BCUT2D eigenvalue weighted by atomic mass is 32.2. The van der Waals surface area contributed by atoms with E-state index in [-0.39, 0.29) is 29.6 Å². The van der Waals surface area contributed by atoms with Crippen molar-refractivity contribution < 1.29 is 23.5 Å². The van der Waals surface area contributed by atoms with Gasteiger partial charge in [0.25, 0.3) is 0 Å². The topological polar surface area (TPSA) is 95.3 Å². The van der Waals surface area contributed by atoms with Crippen molar-refractivity contribution in [2.45, 2.75) is 11.8 Å². The molecule has 0 fully saturated rings. The van der Waals surface area contributed by atoms with Gasteiger partial charge in [0, 0.05) is 18.0 Å². The van der Waals surface area contributed by atoms with E-state index >= 15 is 0 Å². The first kappa shape index (κ1) is 24.4. The first-order valence-corrected chi connectivity index (χ1v) is 12.3. The second kappa shape index (κ2) is 11.2. The number of amides is 1. The smallest absolute Gasteiger partial charge is 0.341 e. The van der Waals surface area contributed by atoms with Gasteiger partial charge in [0.2, 0.25) is 5.91 Å². The molecule has 0 bridgehead atoms. The molecule has 0 aliphatic heterocycles. The van der Waals surface area contributed by atoms with Crippen molar-refractivity contribution in [3.63, 3.8) is 0 Å². The molecule has 4 aromatic rings. The highest BCUT2D eigenvalue weighted by Gasteiger charge is 2.23. The average molecular weight is 513 g/mol. The molecule has 1 amide bonds. The van der Waals surface area contributed by atoms with Gasteiger partial charge in [-0.1, -0.05) is 42.1 Å². The maximum absolute atomic E-state index is 13.3. The van der Waals surface area contributed by atoms with Crippen molar-refractivity contribution in [1.29, 1.82) is 0 Å². The van der Waals surface area contributed by atoms with Gasteiger partial charge in [-0.05, 0) is 29.8 Å². The van der Waals surface area contributed by atoms with E-state index in [1.807, 2.05) is 30.3 Å². The van der Waals surface area contributed by atoms with Gasteiger partial charge in [-0.3, -0.25) is 4.79 Å². The van der Waals surface area contributed by atoms with Crippen LogP contribution in [0.3, 0.4) is 0 Å². The molecule has 180 valence electrons. The van der Waals surface area contributed by atoms with E-state index in [0.29, 0.717) is 27.1 Å². The largest absolute Gasteiger partial charge is 0.486 e. The number of hydrogen-bond donors (Lipinski definition) is 1. The summed E-state index contributed by atoms with van der Waals surface area (Å²) in [4.78, 5) is 25.1. The second-order valence-corrected chi connectivity index (χ2v) is 9.07. The van der Waals surface area contributed by atoms with E-state index in [2.05, 4.69) is 15.5 Å². The Balaban J connectivity index is 1.40. The van der Waals surface area contributed by atoms with E-state index in [4.69, 9.17) is 9.47 Å². The average Bonchev–Trinajstić information content (AvgIpc) is 3.45. The number of methoxy groups -OCH3 is 1. The summed E-state index contributed by atoms with van der Waals surface area (Å²) in [5.74, 6) is 0.0966. The van der Waals surface area contributed by atoms with E-state index in [9.17, 15) is 14.0 Å². The molecule has 0 radical (unpaired) electrons. The van der Waals surface area contributed by atoms with Crippen LogP contribution in [0.2, 0.25) is 0 Å². The second-order valence-electron chi connectivity index (χ2n) is 7.25. The summed E-state index contributed by atoms with van der Waals surface area (Å²) >= 11 is 2.41. The van der Waals surface area contributed by atoms with E-state index in [1.165, 1.54) is 42.3 Å². The minimum absolute atomic E-state index is 0.0515. The molecule has 2 heterocycles. The number of para-hydroxylation sites is 1. The fourth-order valence-corrected chi connectivity index (χ4v) is 4.85. The Morgan fingerprint density at radius 1 is 1.11 bits per heavy atom. The first-order chi connectivity index (χ1) is 17.0. The van der Waals surface area contributed by atoms with Crippen molar-refractivity contribution in [2.24, 2.45) is 7.05 Å². The number of esters is 1. The lowest BCUT2D eigenvalue weighted by Crippen LogP contribution is -2.16. The van der Waals surface area contributed by atoms with Crippen LogP contribution in [-0.4, -0.2) is 39.5 Å². The molecule has 0 saturated heterocycles. The number of anilines is 1. The number of rotatable bonds is 9. The number of thioether (sulfide) groups is 1. The highest BCUT2D eigenvalue weighted by molar-refractivity contribution is 7.99. The normalized spacial score (nSPS) is 10.7. The Labute approximate surface area is 209 Å². The van der Waals surface area contributed by atoms with E-state index in [0.717, 1.165) is 5.75 Å².